The lowest BCUT2D eigenvalue weighted by atomic mass is 9.89. The number of nitrogens with zero attached hydrogens (tertiary/aromatic N) is 2. The second-order valence-electron chi connectivity index (χ2n) is 14.2. The molecule has 0 saturated heterocycles. The Kier molecular flexibility index (Phi) is 14.5. The van der Waals surface area contributed by atoms with Gasteiger partial charge in [-0.3, -0.25) is 9.97 Å². The van der Waals surface area contributed by atoms with Crippen LogP contribution in [-0.4, -0.2) is 37.8 Å². The summed E-state index contributed by atoms with van der Waals surface area (Å²) in [6.45, 7) is 3.86. The van der Waals surface area contributed by atoms with Crippen LogP contribution in [-0.2, 0) is 45.9 Å². The van der Waals surface area contributed by atoms with E-state index in [1.165, 1.54) is 24.5 Å². The van der Waals surface area contributed by atoms with Gasteiger partial charge in [0.2, 0.25) is 0 Å². The zero-order valence-electron chi connectivity index (χ0n) is 32.6. The van der Waals surface area contributed by atoms with E-state index in [1.54, 1.807) is 0 Å². The molecule has 2 heterocycles. The van der Waals surface area contributed by atoms with E-state index in [1.807, 2.05) is 74.5 Å². The highest BCUT2D eigenvalue weighted by molar-refractivity contribution is 14.1. The lowest BCUT2D eigenvalue weighted by Gasteiger charge is -2.21. The maximum Gasteiger partial charge on any atom is 0.534 e. The van der Waals surface area contributed by atoms with Gasteiger partial charge < -0.3 is 8.37 Å². The highest BCUT2D eigenvalue weighted by atomic mass is 127. The van der Waals surface area contributed by atoms with Crippen molar-refractivity contribution in [3.63, 3.8) is 0 Å². The molecule has 8 nitrogen and oxygen atoms in total. The third kappa shape index (κ3) is 10.1. The standard InChI is InChI=1S/C43H38F6I2N2O6S2/c1-3-5-14-28-22-34(58-60(54,55)42(44,45)46)30(40-38(28)36(32(50)24-52-40)26-16-9-7-10-17-26)20-13-21-31-35(59-61(56,57)43(47,48)49)23-29(15-6-4-2)39-37(27-18-11-8-12-19-27)33(51)25-53-41(31)39/h7-12,16-19,22-25H,3-6,13-15,20-21H2,1-2H3. The van der Waals surface area contributed by atoms with Gasteiger partial charge in [-0.1, -0.05) is 87.4 Å². The molecule has 0 fully saturated rings. The van der Waals surface area contributed by atoms with Crippen molar-refractivity contribution in [2.75, 3.05) is 0 Å². The number of fused-ring (bicyclic) bond motifs is 2. The zero-order valence-corrected chi connectivity index (χ0v) is 38.6. The van der Waals surface area contributed by atoms with Gasteiger partial charge in [0, 0.05) is 52.6 Å². The van der Waals surface area contributed by atoms with Gasteiger partial charge in [-0.05, 0) is 125 Å². The molecule has 4 aromatic carbocycles. The van der Waals surface area contributed by atoms with E-state index in [-0.39, 0.29) is 41.4 Å². The first-order valence-corrected chi connectivity index (χ1v) is 24.1. The summed E-state index contributed by atoms with van der Waals surface area (Å²) in [5, 5.41) is 1.15. The first kappa shape index (κ1) is 46.7. The molecule has 324 valence electrons. The zero-order chi connectivity index (χ0) is 44.3. The molecular weight excluding hydrogens is 1070 g/mol. The van der Waals surface area contributed by atoms with Gasteiger partial charge in [0.05, 0.1) is 11.0 Å². The van der Waals surface area contributed by atoms with Crippen molar-refractivity contribution in [3.05, 3.63) is 115 Å². The van der Waals surface area contributed by atoms with Gasteiger partial charge in [-0.15, -0.1) is 0 Å². The quantitative estimate of drug-likeness (QED) is 0.0408. The predicted octanol–water partition coefficient (Wildman–Crippen LogP) is 12.6. The Bertz CT molecular complexity index is 2600. The topological polar surface area (TPSA) is 113 Å². The van der Waals surface area contributed by atoms with Crippen molar-refractivity contribution in [1.29, 1.82) is 0 Å². The van der Waals surface area contributed by atoms with Crippen LogP contribution < -0.4 is 8.37 Å². The molecule has 0 aliphatic rings. The predicted molar refractivity (Wildman–Crippen MR) is 240 cm³/mol. The Hall–Kier alpha value is -3.76. The molecule has 0 spiro atoms. The number of alkyl halides is 6. The molecule has 18 heteroatoms. The highest BCUT2D eigenvalue weighted by Crippen LogP contribution is 2.44. The van der Waals surface area contributed by atoms with Crippen LogP contribution in [0.25, 0.3) is 44.1 Å². The number of halogens is 8. The largest absolute Gasteiger partial charge is 0.534 e. The van der Waals surface area contributed by atoms with Gasteiger partial charge in [0.15, 0.2) is 0 Å². The summed E-state index contributed by atoms with van der Waals surface area (Å²) in [4.78, 5) is 9.29. The molecule has 0 aliphatic carbocycles. The Morgan fingerprint density at radius 2 is 0.918 bits per heavy atom. The number of rotatable bonds is 16. The lowest BCUT2D eigenvalue weighted by molar-refractivity contribution is -0.0505. The van der Waals surface area contributed by atoms with Crippen molar-refractivity contribution in [2.45, 2.75) is 82.7 Å². The van der Waals surface area contributed by atoms with Crippen molar-refractivity contribution < 1.29 is 51.5 Å². The average Bonchev–Trinajstić information content (AvgIpc) is 3.20. The number of hydrogen-bond donors (Lipinski definition) is 0. The van der Waals surface area contributed by atoms with Crippen molar-refractivity contribution in [2.24, 2.45) is 0 Å². The van der Waals surface area contributed by atoms with Crippen molar-refractivity contribution >= 4 is 87.2 Å². The minimum absolute atomic E-state index is 0.00149. The van der Waals surface area contributed by atoms with Crippen LogP contribution in [0.2, 0.25) is 0 Å². The molecule has 6 aromatic rings. The van der Waals surface area contributed by atoms with Crippen LogP contribution in [0.4, 0.5) is 26.3 Å². The molecule has 0 radical (unpaired) electrons. The van der Waals surface area contributed by atoms with Crippen LogP contribution in [0.1, 0.15) is 68.2 Å². The van der Waals surface area contributed by atoms with Gasteiger partial charge >= 0.3 is 31.3 Å². The normalized spacial score (nSPS) is 12.6. The van der Waals surface area contributed by atoms with E-state index in [0.717, 1.165) is 22.3 Å². The Morgan fingerprint density at radius 3 is 1.25 bits per heavy atom. The van der Waals surface area contributed by atoms with Crippen LogP contribution in [0.3, 0.4) is 0 Å². The maximum atomic E-state index is 13.9. The van der Waals surface area contributed by atoms with Gasteiger partial charge in [0.1, 0.15) is 11.5 Å². The highest BCUT2D eigenvalue weighted by Gasteiger charge is 2.50. The number of aryl methyl sites for hydroxylation is 4. The fraction of sp³-hybridized carbons (Fsp3) is 0.302. The van der Waals surface area contributed by atoms with Gasteiger partial charge in [-0.2, -0.15) is 43.2 Å². The molecule has 0 amide bonds. The molecule has 2 aromatic heterocycles. The fourth-order valence-corrected chi connectivity index (χ4v) is 9.64. The summed E-state index contributed by atoms with van der Waals surface area (Å²) in [7, 11) is -12.4. The van der Waals surface area contributed by atoms with Crippen LogP contribution in [0.15, 0.2) is 85.2 Å². The average molecular weight is 1110 g/mol. The van der Waals surface area contributed by atoms with Crippen LogP contribution in [0, 0.1) is 7.14 Å². The van der Waals surface area contributed by atoms with Gasteiger partial charge in [0.25, 0.3) is 0 Å². The number of pyridine rings is 2. The number of unbranched alkanes of at least 4 members (excludes halogenated alkanes) is 2. The summed E-state index contributed by atoms with van der Waals surface area (Å²) in [6, 6.07) is 21.0. The van der Waals surface area contributed by atoms with Crippen LogP contribution >= 0.6 is 45.2 Å². The summed E-state index contributed by atoms with van der Waals surface area (Å²) in [6.07, 6.45) is 5.83. The van der Waals surface area contributed by atoms with E-state index in [4.69, 9.17) is 8.37 Å². The van der Waals surface area contributed by atoms with Gasteiger partial charge in [-0.25, -0.2) is 0 Å². The SMILES string of the molecule is CCCCc1cc(OS(=O)(=O)C(F)(F)F)c(CCCc2c(OS(=O)(=O)C(F)(F)F)cc(CCCC)c3c(-c4ccccc4)c(I)cnc23)c2ncc(I)c(-c3ccccc3)c12. The second-order valence-corrected chi connectivity index (χ2v) is 19.6. The van der Waals surface area contributed by atoms with E-state index >= 15 is 0 Å². The third-order valence-corrected chi connectivity index (χ3v) is 13.6. The first-order chi connectivity index (χ1) is 28.8. The Balaban J connectivity index is 1.59. The summed E-state index contributed by atoms with van der Waals surface area (Å²) < 4.78 is 145. The molecule has 0 atom stereocenters. The summed E-state index contributed by atoms with van der Waals surface area (Å²) in [5.41, 5.74) is -7.19. The molecule has 0 bridgehead atoms. The van der Waals surface area contributed by atoms with E-state index in [9.17, 15) is 43.2 Å². The third-order valence-electron chi connectivity index (χ3n) is 10.0. The van der Waals surface area contributed by atoms with E-state index < -0.39 is 42.8 Å². The summed E-state index contributed by atoms with van der Waals surface area (Å²) >= 11 is 4.23. The van der Waals surface area contributed by atoms with Crippen molar-refractivity contribution in [3.8, 4) is 33.8 Å². The molecular formula is C43H38F6I2N2O6S2. The second kappa shape index (κ2) is 18.9. The summed E-state index contributed by atoms with van der Waals surface area (Å²) in [5.74, 6) is -1.20. The molecule has 0 aliphatic heterocycles. The Labute approximate surface area is 377 Å². The minimum Gasteiger partial charge on any atom is -0.376 e. The number of aromatic nitrogens is 2. The fourth-order valence-electron chi connectivity index (χ4n) is 7.24. The smallest absolute Gasteiger partial charge is 0.376 e. The van der Waals surface area contributed by atoms with Crippen LogP contribution in [0.5, 0.6) is 11.5 Å². The molecule has 0 unspecified atom stereocenters. The monoisotopic (exact) mass is 1110 g/mol. The minimum atomic E-state index is -6.18. The number of benzene rings is 4. The van der Waals surface area contributed by atoms with E-state index in [0.29, 0.717) is 67.6 Å². The molecule has 61 heavy (non-hydrogen) atoms. The van der Waals surface area contributed by atoms with E-state index in [2.05, 4.69) is 55.1 Å². The van der Waals surface area contributed by atoms with Crippen molar-refractivity contribution in [1.82, 2.24) is 9.97 Å². The molecule has 0 N–H and O–H groups in total. The first-order valence-electron chi connectivity index (χ1n) is 19.2. The number of hydrogen-bond acceptors (Lipinski definition) is 8. The molecule has 6 rings (SSSR count). The maximum absolute atomic E-state index is 13.9. The lowest BCUT2D eigenvalue weighted by Crippen LogP contribution is -2.28. The molecule has 0 saturated carbocycles. The Morgan fingerprint density at radius 1 is 0.557 bits per heavy atom.